The quantitative estimate of drug-likeness (QED) is 0.837. The summed E-state index contributed by atoms with van der Waals surface area (Å²) in [5.74, 6) is -1.09. The lowest BCUT2D eigenvalue weighted by Gasteiger charge is -2.36. The molecule has 0 bridgehead atoms. The van der Waals surface area contributed by atoms with E-state index in [1.54, 1.807) is 18.2 Å². The Labute approximate surface area is 93.4 Å². The number of rotatable bonds is 3. The molecule has 1 atom stereocenters. The second kappa shape index (κ2) is 3.88. The van der Waals surface area contributed by atoms with Crippen molar-refractivity contribution in [1.29, 1.82) is 0 Å². The van der Waals surface area contributed by atoms with Crippen molar-refractivity contribution in [3.05, 3.63) is 30.3 Å². The van der Waals surface area contributed by atoms with Gasteiger partial charge in [-0.1, -0.05) is 18.2 Å². The molecule has 1 fully saturated rings. The van der Waals surface area contributed by atoms with Crippen molar-refractivity contribution >= 4 is 16.0 Å². The topological polar surface area (TPSA) is 74.7 Å². The number of sulfonamides is 1. The van der Waals surface area contributed by atoms with Crippen LogP contribution in [0.2, 0.25) is 0 Å². The van der Waals surface area contributed by atoms with Gasteiger partial charge in [0.25, 0.3) is 0 Å². The molecule has 6 heteroatoms. The fourth-order valence-corrected chi connectivity index (χ4v) is 3.27. The molecule has 5 nitrogen and oxygen atoms in total. The maximum absolute atomic E-state index is 12.0. The van der Waals surface area contributed by atoms with Crippen molar-refractivity contribution in [2.75, 3.05) is 6.54 Å². The minimum absolute atomic E-state index is 0.140. The van der Waals surface area contributed by atoms with Gasteiger partial charge in [-0.25, -0.2) is 8.42 Å². The Bertz CT molecular complexity index is 497. The molecule has 1 aliphatic heterocycles. The van der Waals surface area contributed by atoms with E-state index in [0.717, 1.165) is 4.31 Å². The van der Waals surface area contributed by atoms with Crippen LogP contribution in [0.5, 0.6) is 0 Å². The van der Waals surface area contributed by atoms with Crippen LogP contribution in [0.1, 0.15) is 6.42 Å². The molecule has 0 aliphatic carbocycles. The molecule has 1 aromatic rings. The molecule has 1 aliphatic rings. The molecule has 0 aromatic heterocycles. The van der Waals surface area contributed by atoms with Crippen LogP contribution in [0.15, 0.2) is 35.2 Å². The first-order valence-corrected chi connectivity index (χ1v) is 6.27. The second-order valence-corrected chi connectivity index (χ2v) is 5.46. The number of aliphatic carboxylic acids is 1. The third kappa shape index (κ3) is 1.70. The SMILES string of the molecule is O=C(O)C1CCN1S(=O)(=O)c1ccccc1. The Morgan fingerprint density at radius 3 is 2.38 bits per heavy atom. The summed E-state index contributed by atoms with van der Waals surface area (Å²) >= 11 is 0. The third-order valence-corrected chi connectivity index (χ3v) is 4.53. The second-order valence-electron chi connectivity index (χ2n) is 3.57. The molecular weight excluding hydrogens is 230 g/mol. The van der Waals surface area contributed by atoms with Crippen LogP contribution in [0.4, 0.5) is 0 Å². The smallest absolute Gasteiger partial charge is 0.322 e. The van der Waals surface area contributed by atoms with Crippen LogP contribution in [0.3, 0.4) is 0 Å². The Kier molecular flexibility index (Phi) is 2.69. The third-order valence-electron chi connectivity index (χ3n) is 2.61. The van der Waals surface area contributed by atoms with Crippen molar-refractivity contribution in [1.82, 2.24) is 4.31 Å². The van der Waals surface area contributed by atoms with E-state index in [9.17, 15) is 13.2 Å². The lowest BCUT2D eigenvalue weighted by Crippen LogP contribution is -2.54. The van der Waals surface area contributed by atoms with E-state index in [1.807, 2.05) is 0 Å². The van der Waals surface area contributed by atoms with Gasteiger partial charge in [-0.3, -0.25) is 4.79 Å². The zero-order chi connectivity index (χ0) is 11.8. The van der Waals surface area contributed by atoms with Crippen LogP contribution in [0, 0.1) is 0 Å². The van der Waals surface area contributed by atoms with Crippen LogP contribution >= 0.6 is 0 Å². The number of carbonyl (C=O) groups is 1. The molecule has 0 radical (unpaired) electrons. The van der Waals surface area contributed by atoms with Gasteiger partial charge < -0.3 is 5.11 Å². The van der Waals surface area contributed by atoms with Crippen molar-refractivity contribution in [3.63, 3.8) is 0 Å². The number of benzene rings is 1. The first-order chi connectivity index (χ1) is 7.53. The normalized spacial score (nSPS) is 21.4. The van der Waals surface area contributed by atoms with E-state index in [2.05, 4.69) is 0 Å². The van der Waals surface area contributed by atoms with Gasteiger partial charge in [0, 0.05) is 6.54 Å². The predicted molar refractivity (Wildman–Crippen MR) is 56.4 cm³/mol. The molecule has 0 saturated carbocycles. The summed E-state index contributed by atoms with van der Waals surface area (Å²) in [6.07, 6.45) is 0.376. The molecular formula is C10H11NO4S. The Morgan fingerprint density at radius 1 is 1.31 bits per heavy atom. The highest BCUT2D eigenvalue weighted by Gasteiger charge is 2.42. The van der Waals surface area contributed by atoms with E-state index >= 15 is 0 Å². The summed E-state index contributed by atoms with van der Waals surface area (Å²) in [6, 6.07) is 6.96. The summed E-state index contributed by atoms with van der Waals surface area (Å²) in [5, 5.41) is 8.81. The largest absolute Gasteiger partial charge is 0.480 e. The number of hydrogen-bond acceptors (Lipinski definition) is 3. The molecule has 1 N–H and O–H groups in total. The number of hydrogen-bond donors (Lipinski definition) is 1. The van der Waals surface area contributed by atoms with Gasteiger partial charge in [0.15, 0.2) is 0 Å². The van der Waals surface area contributed by atoms with Gasteiger partial charge in [-0.05, 0) is 18.6 Å². The maximum Gasteiger partial charge on any atom is 0.322 e. The average molecular weight is 241 g/mol. The summed E-state index contributed by atoms with van der Waals surface area (Å²) in [5.41, 5.74) is 0. The van der Waals surface area contributed by atoms with Gasteiger partial charge in [-0.15, -0.1) is 0 Å². The van der Waals surface area contributed by atoms with E-state index in [1.165, 1.54) is 12.1 Å². The zero-order valence-electron chi connectivity index (χ0n) is 8.41. The molecule has 0 spiro atoms. The number of nitrogens with zero attached hydrogens (tertiary/aromatic N) is 1. The molecule has 0 amide bonds. The molecule has 16 heavy (non-hydrogen) atoms. The average Bonchev–Trinajstić information content (AvgIpc) is 2.15. The van der Waals surface area contributed by atoms with Crippen LogP contribution in [-0.4, -0.2) is 36.4 Å². The van der Waals surface area contributed by atoms with E-state index in [0.29, 0.717) is 6.42 Å². The van der Waals surface area contributed by atoms with E-state index in [-0.39, 0.29) is 11.4 Å². The molecule has 86 valence electrons. The highest BCUT2D eigenvalue weighted by molar-refractivity contribution is 7.89. The van der Waals surface area contributed by atoms with Gasteiger partial charge in [0.1, 0.15) is 6.04 Å². The molecule has 1 heterocycles. The Morgan fingerprint density at radius 2 is 1.94 bits per heavy atom. The van der Waals surface area contributed by atoms with Crippen LogP contribution in [-0.2, 0) is 14.8 Å². The van der Waals surface area contributed by atoms with Gasteiger partial charge >= 0.3 is 5.97 Å². The lowest BCUT2D eigenvalue weighted by molar-refractivity contribution is -0.144. The van der Waals surface area contributed by atoms with Crippen molar-refractivity contribution in [3.8, 4) is 0 Å². The van der Waals surface area contributed by atoms with Crippen molar-refractivity contribution in [2.24, 2.45) is 0 Å². The molecule has 2 rings (SSSR count). The first kappa shape index (κ1) is 11.1. The van der Waals surface area contributed by atoms with Gasteiger partial charge in [0.2, 0.25) is 10.0 Å². The number of carboxylic acids is 1. The monoisotopic (exact) mass is 241 g/mol. The summed E-state index contributed by atoms with van der Waals surface area (Å²) in [7, 11) is -3.64. The van der Waals surface area contributed by atoms with E-state index in [4.69, 9.17) is 5.11 Å². The van der Waals surface area contributed by atoms with Crippen LogP contribution in [0.25, 0.3) is 0 Å². The first-order valence-electron chi connectivity index (χ1n) is 4.83. The molecule has 1 aromatic carbocycles. The minimum atomic E-state index is -3.64. The Balaban J connectivity index is 2.31. The minimum Gasteiger partial charge on any atom is -0.480 e. The zero-order valence-corrected chi connectivity index (χ0v) is 9.22. The predicted octanol–water partition coefficient (Wildman–Crippen LogP) is 0.534. The summed E-state index contributed by atoms with van der Waals surface area (Å²) < 4.78 is 25.0. The summed E-state index contributed by atoms with van der Waals surface area (Å²) in [4.78, 5) is 10.9. The molecule has 1 saturated heterocycles. The highest BCUT2D eigenvalue weighted by Crippen LogP contribution is 2.26. The lowest BCUT2D eigenvalue weighted by atomic mass is 10.1. The summed E-state index contributed by atoms with van der Waals surface area (Å²) in [6.45, 7) is 0.272. The van der Waals surface area contributed by atoms with Gasteiger partial charge in [-0.2, -0.15) is 4.31 Å². The fraction of sp³-hybridized carbons (Fsp3) is 0.300. The standard InChI is InChI=1S/C10H11NO4S/c12-10(13)9-6-7-11(9)16(14,15)8-4-2-1-3-5-8/h1-5,9H,6-7H2,(H,12,13). The Hall–Kier alpha value is -1.40. The maximum atomic E-state index is 12.0. The molecule has 1 unspecified atom stereocenters. The van der Waals surface area contributed by atoms with Gasteiger partial charge in [0.05, 0.1) is 4.90 Å². The van der Waals surface area contributed by atoms with Crippen LogP contribution < -0.4 is 0 Å². The van der Waals surface area contributed by atoms with E-state index < -0.39 is 22.0 Å². The van der Waals surface area contributed by atoms with Crippen molar-refractivity contribution < 1.29 is 18.3 Å². The van der Waals surface area contributed by atoms with Crippen molar-refractivity contribution in [2.45, 2.75) is 17.4 Å². The fourth-order valence-electron chi connectivity index (χ4n) is 1.63. The highest BCUT2D eigenvalue weighted by atomic mass is 32.2. The number of carboxylic acid groups (broad SMARTS) is 1.